The third-order valence-electron chi connectivity index (χ3n) is 2.60. The molecule has 0 spiro atoms. The molecule has 0 saturated carbocycles. The van der Waals surface area contributed by atoms with Gasteiger partial charge in [-0.25, -0.2) is 0 Å². The molecule has 84 valence electrons. The van der Waals surface area contributed by atoms with E-state index in [0.29, 0.717) is 0 Å². The molecule has 0 aliphatic rings. The Labute approximate surface area is 89.5 Å². The molecule has 0 bridgehead atoms. The van der Waals surface area contributed by atoms with E-state index in [1.165, 1.54) is 51.4 Å². The Hall–Kier alpha value is -0.460. The number of ether oxygens (including phenoxy) is 1. The van der Waals surface area contributed by atoms with Crippen molar-refractivity contribution in [2.24, 2.45) is 0 Å². The smallest absolute Gasteiger partial charge is 0.0883 e. The summed E-state index contributed by atoms with van der Waals surface area (Å²) in [6.07, 6.45) is 12.0. The van der Waals surface area contributed by atoms with Crippen LogP contribution in [0.3, 0.4) is 0 Å². The highest BCUT2D eigenvalue weighted by Gasteiger charge is 1.93. The van der Waals surface area contributed by atoms with Gasteiger partial charge in [0.2, 0.25) is 0 Å². The molecule has 0 aromatic carbocycles. The van der Waals surface area contributed by atoms with Gasteiger partial charge in [0.1, 0.15) is 0 Å². The molecule has 1 nitrogen and oxygen atoms in total. The predicted molar refractivity (Wildman–Crippen MR) is 63.4 cm³/mol. The largest absolute Gasteiger partial charge is 0.502 e. The van der Waals surface area contributed by atoms with E-state index >= 15 is 0 Å². The minimum Gasteiger partial charge on any atom is -0.502 e. The highest BCUT2D eigenvalue weighted by atomic mass is 16.5. The summed E-state index contributed by atoms with van der Waals surface area (Å²) in [7, 11) is 1.70. The summed E-state index contributed by atoms with van der Waals surface area (Å²) in [5, 5.41) is 0. The molecule has 0 saturated heterocycles. The minimum atomic E-state index is 0.927. The van der Waals surface area contributed by atoms with Gasteiger partial charge in [-0.15, -0.1) is 0 Å². The lowest BCUT2D eigenvalue weighted by atomic mass is 10.1. The normalized spacial score (nSPS) is 10.1. The minimum absolute atomic E-state index is 0.927. The van der Waals surface area contributed by atoms with Gasteiger partial charge in [0.05, 0.1) is 12.9 Å². The molecule has 0 unspecified atom stereocenters. The SMILES string of the molecule is C=C(CCCCCCCCCC)OC. The van der Waals surface area contributed by atoms with Crippen molar-refractivity contribution in [1.29, 1.82) is 0 Å². The summed E-state index contributed by atoms with van der Waals surface area (Å²) in [4.78, 5) is 0. The van der Waals surface area contributed by atoms with Crippen LogP contribution in [0.5, 0.6) is 0 Å². The van der Waals surface area contributed by atoms with Crippen LogP contribution in [0.2, 0.25) is 0 Å². The maximum Gasteiger partial charge on any atom is 0.0883 e. The van der Waals surface area contributed by atoms with Crippen LogP contribution in [0.1, 0.15) is 64.7 Å². The summed E-state index contributed by atoms with van der Waals surface area (Å²) in [6.45, 7) is 6.07. The number of hydrogen-bond acceptors (Lipinski definition) is 1. The van der Waals surface area contributed by atoms with Crippen LogP contribution in [0.15, 0.2) is 12.3 Å². The van der Waals surface area contributed by atoms with E-state index in [1.807, 2.05) is 0 Å². The Bertz CT molecular complexity index is 129. The maximum atomic E-state index is 5.02. The van der Waals surface area contributed by atoms with Crippen LogP contribution < -0.4 is 0 Å². The van der Waals surface area contributed by atoms with Crippen molar-refractivity contribution in [3.63, 3.8) is 0 Å². The first-order chi connectivity index (χ1) is 6.81. The van der Waals surface area contributed by atoms with Crippen LogP contribution in [0.25, 0.3) is 0 Å². The Kier molecular flexibility index (Phi) is 10.3. The van der Waals surface area contributed by atoms with Crippen molar-refractivity contribution < 1.29 is 4.74 Å². The topological polar surface area (TPSA) is 9.23 Å². The van der Waals surface area contributed by atoms with E-state index in [4.69, 9.17) is 4.74 Å². The molecule has 0 rings (SSSR count). The van der Waals surface area contributed by atoms with E-state index in [9.17, 15) is 0 Å². The second-order valence-corrected chi connectivity index (χ2v) is 3.97. The average molecular weight is 198 g/mol. The number of unbranched alkanes of at least 4 members (excludes halogenated alkanes) is 7. The Morgan fingerprint density at radius 3 is 1.93 bits per heavy atom. The number of rotatable bonds is 10. The molecule has 0 fully saturated rings. The fourth-order valence-corrected chi connectivity index (χ4v) is 1.56. The molecule has 0 heterocycles. The second-order valence-electron chi connectivity index (χ2n) is 3.97. The Balaban J connectivity index is 2.95. The quantitative estimate of drug-likeness (QED) is 0.366. The van der Waals surface area contributed by atoms with E-state index in [1.54, 1.807) is 7.11 Å². The van der Waals surface area contributed by atoms with Crippen molar-refractivity contribution in [2.45, 2.75) is 64.7 Å². The first kappa shape index (κ1) is 13.5. The second kappa shape index (κ2) is 10.6. The molecular weight excluding hydrogens is 172 g/mol. The molecule has 0 N–H and O–H groups in total. The first-order valence-electron chi connectivity index (χ1n) is 6.03. The van der Waals surface area contributed by atoms with E-state index in [2.05, 4.69) is 13.5 Å². The fourth-order valence-electron chi connectivity index (χ4n) is 1.56. The monoisotopic (exact) mass is 198 g/mol. The van der Waals surface area contributed by atoms with E-state index in [-0.39, 0.29) is 0 Å². The molecule has 0 atom stereocenters. The van der Waals surface area contributed by atoms with Crippen molar-refractivity contribution >= 4 is 0 Å². The van der Waals surface area contributed by atoms with Gasteiger partial charge >= 0.3 is 0 Å². The van der Waals surface area contributed by atoms with Gasteiger partial charge in [-0.2, -0.15) is 0 Å². The van der Waals surface area contributed by atoms with Gasteiger partial charge in [-0.05, 0) is 6.42 Å². The number of methoxy groups -OCH3 is 1. The number of allylic oxidation sites excluding steroid dienone is 1. The predicted octanol–water partition coefficient (Wildman–Crippen LogP) is 4.68. The van der Waals surface area contributed by atoms with E-state index < -0.39 is 0 Å². The summed E-state index contributed by atoms with van der Waals surface area (Å²) < 4.78 is 5.02. The van der Waals surface area contributed by atoms with Gasteiger partial charge in [0, 0.05) is 6.42 Å². The van der Waals surface area contributed by atoms with E-state index in [0.717, 1.165) is 12.2 Å². The van der Waals surface area contributed by atoms with Crippen molar-refractivity contribution in [2.75, 3.05) is 7.11 Å². The maximum absolute atomic E-state index is 5.02. The third kappa shape index (κ3) is 9.63. The molecule has 0 aliphatic heterocycles. The van der Waals surface area contributed by atoms with Gasteiger partial charge in [0.15, 0.2) is 0 Å². The highest BCUT2D eigenvalue weighted by Crippen LogP contribution is 2.11. The summed E-state index contributed by atoms with van der Waals surface area (Å²) >= 11 is 0. The lowest BCUT2D eigenvalue weighted by molar-refractivity contribution is 0.276. The molecule has 0 aromatic rings. The molecule has 0 aromatic heterocycles. The van der Waals surface area contributed by atoms with Gasteiger partial charge in [0.25, 0.3) is 0 Å². The summed E-state index contributed by atoms with van der Waals surface area (Å²) in [6, 6.07) is 0. The van der Waals surface area contributed by atoms with Crippen molar-refractivity contribution in [3.8, 4) is 0 Å². The van der Waals surface area contributed by atoms with Crippen LogP contribution in [0, 0.1) is 0 Å². The lowest BCUT2D eigenvalue weighted by Crippen LogP contribution is -1.85. The Morgan fingerprint density at radius 1 is 0.929 bits per heavy atom. The van der Waals surface area contributed by atoms with Crippen LogP contribution in [-0.2, 0) is 4.74 Å². The van der Waals surface area contributed by atoms with Crippen molar-refractivity contribution in [3.05, 3.63) is 12.3 Å². The molecule has 0 radical (unpaired) electrons. The zero-order valence-corrected chi connectivity index (χ0v) is 9.98. The molecule has 14 heavy (non-hydrogen) atoms. The average Bonchev–Trinajstić information content (AvgIpc) is 2.21. The van der Waals surface area contributed by atoms with Crippen LogP contribution in [0.4, 0.5) is 0 Å². The van der Waals surface area contributed by atoms with Crippen LogP contribution in [-0.4, -0.2) is 7.11 Å². The third-order valence-corrected chi connectivity index (χ3v) is 2.60. The molecule has 0 aliphatic carbocycles. The summed E-state index contributed by atoms with van der Waals surface area (Å²) in [5.74, 6) is 0.927. The zero-order chi connectivity index (χ0) is 10.6. The zero-order valence-electron chi connectivity index (χ0n) is 9.98. The van der Waals surface area contributed by atoms with Gasteiger partial charge in [-0.3, -0.25) is 0 Å². The molecule has 1 heteroatoms. The van der Waals surface area contributed by atoms with Gasteiger partial charge in [-0.1, -0.05) is 58.4 Å². The standard InChI is InChI=1S/C13H26O/c1-4-5-6-7-8-9-10-11-12-13(2)14-3/h2,4-12H2,1,3H3. The fraction of sp³-hybridized carbons (Fsp3) is 0.846. The summed E-state index contributed by atoms with van der Waals surface area (Å²) in [5.41, 5.74) is 0. The highest BCUT2D eigenvalue weighted by molar-refractivity contribution is 4.80. The van der Waals surface area contributed by atoms with Crippen molar-refractivity contribution in [1.82, 2.24) is 0 Å². The van der Waals surface area contributed by atoms with Gasteiger partial charge < -0.3 is 4.74 Å². The Morgan fingerprint density at radius 2 is 1.43 bits per heavy atom. The first-order valence-corrected chi connectivity index (χ1v) is 6.03. The molecule has 0 amide bonds. The molecular formula is C13H26O. The number of hydrogen-bond donors (Lipinski definition) is 0. The lowest BCUT2D eigenvalue weighted by Gasteiger charge is -2.03. The van der Waals surface area contributed by atoms with Crippen LogP contribution >= 0.6 is 0 Å².